The molecule has 0 saturated heterocycles. The molecule has 0 radical (unpaired) electrons. The highest BCUT2D eigenvalue weighted by Crippen LogP contribution is 2.26. The zero-order valence-corrected chi connectivity index (χ0v) is 13.3. The van der Waals surface area contributed by atoms with E-state index in [0.717, 1.165) is 0 Å². The third kappa shape index (κ3) is 7.87. The Morgan fingerprint density at radius 2 is 1.81 bits per heavy atom. The molecule has 0 rings (SSSR count). The number of carboxylic acid groups (broad SMARTS) is 1. The summed E-state index contributed by atoms with van der Waals surface area (Å²) in [6.45, 7) is 7.18. The molecular weight excluding hydrogens is 278 g/mol. The van der Waals surface area contributed by atoms with Gasteiger partial charge < -0.3 is 25.0 Å². The molecule has 0 aliphatic rings. The summed E-state index contributed by atoms with van der Waals surface area (Å²) in [6, 6.07) is 0. The Bertz CT molecular complexity index is 339. The molecule has 0 spiro atoms. The molecule has 0 aromatic heterocycles. The van der Waals surface area contributed by atoms with E-state index in [1.54, 1.807) is 27.7 Å². The highest BCUT2D eigenvalue weighted by molar-refractivity contribution is 5.76. The van der Waals surface area contributed by atoms with Crippen molar-refractivity contribution < 1.29 is 29.3 Å². The molecule has 1 unspecified atom stereocenters. The van der Waals surface area contributed by atoms with E-state index in [9.17, 15) is 14.7 Å². The first-order chi connectivity index (χ1) is 9.67. The van der Waals surface area contributed by atoms with Crippen LogP contribution in [-0.4, -0.2) is 54.2 Å². The van der Waals surface area contributed by atoms with Crippen molar-refractivity contribution in [2.24, 2.45) is 5.41 Å². The number of alkyl carbamates (subject to hydrolysis) is 1. The van der Waals surface area contributed by atoms with Crippen LogP contribution in [0.1, 0.15) is 40.5 Å². The van der Waals surface area contributed by atoms with Crippen LogP contribution in [0.15, 0.2) is 0 Å². The lowest BCUT2D eigenvalue weighted by Gasteiger charge is -2.29. The highest BCUT2D eigenvalue weighted by atomic mass is 16.6. The van der Waals surface area contributed by atoms with Crippen LogP contribution in [0, 0.1) is 5.41 Å². The fraction of sp³-hybridized carbons (Fsp3) is 0.857. The summed E-state index contributed by atoms with van der Waals surface area (Å²) >= 11 is 0. The van der Waals surface area contributed by atoms with Gasteiger partial charge in [0.25, 0.3) is 0 Å². The zero-order valence-electron chi connectivity index (χ0n) is 13.3. The minimum absolute atomic E-state index is 0.0315. The Hall–Kier alpha value is -1.34. The number of nitrogens with one attached hydrogen (secondary N) is 1. The van der Waals surface area contributed by atoms with Crippen molar-refractivity contribution >= 4 is 12.1 Å². The fourth-order valence-corrected chi connectivity index (χ4v) is 1.71. The van der Waals surface area contributed by atoms with Crippen molar-refractivity contribution in [2.45, 2.75) is 46.1 Å². The molecule has 0 aliphatic heterocycles. The molecule has 124 valence electrons. The van der Waals surface area contributed by atoms with Crippen LogP contribution in [0.2, 0.25) is 0 Å². The Morgan fingerprint density at radius 3 is 2.24 bits per heavy atom. The quantitative estimate of drug-likeness (QED) is 0.556. The van der Waals surface area contributed by atoms with Crippen LogP contribution in [0.5, 0.6) is 0 Å². The molecule has 3 N–H and O–H groups in total. The SMILES string of the molecule is CCC(CCOCCO)(CNC(=O)OC(C)(C)C)C(=O)O. The Morgan fingerprint density at radius 1 is 1.19 bits per heavy atom. The standard InChI is InChI=1S/C14H27NO6/c1-5-14(11(17)18,6-8-20-9-7-16)10-15-12(19)21-13(2,3)4/h16H,5-10H2,1-4H3,(H,15,19)(H,17,18). The number of carbonyl (C=O) groups is 2. The van der Waals surface area contributed by atoms with Crippen LogP contribution in [-0.2, 0) is 14.3 Å². The first-order valence-electron chi connectivity index (χ1n) is 7.06. The molecule has 0 aromatic rings. The second kappa shape index (κ2) is 8.84. The van der Waals surface area contributed by atoms with E-state index >= 15 is 0 Å². The van der Waals surface area contributed by atoms with Crippen LogP contribution >= 0.6 is 0 Å². The van der Waals surface area contributed by atoms with Crippen molar-refractivity contribution in [3.05, 3.63) is 0 Å². The number of aliphatic hydroxyl groups is 1. The van der Waals surface area contributed by atoms with Gasteiger partial charge in [0.15, 0.2) is 0 Å². The zero-order chi connectivity index (χ0) is 16.5. The van der Waals surface area contributed by atoms with Gasteiger partial charge in [0.2, 0.25) is 0 Å². The number of hydrogen-bond donors (Lipinski definition) is 3. The normalized spacial score (nSPS) is 14.3. The van der Waals surface area contributed by atoms with Crippen molar-refractivity contribution in [1.82, 2.24) is 5.32 Å². The second-order valence-corrected chi connectivity index (χ2v) is 5.88. The number of aliphatic hydroxyl groups excluding tert-OH is 1. The Kier molecular flexibility index (Phi) is 8.27. The van der Waals surface area contributed by atoms with Gasteiger partial charge in [-0.15, -0.1) is 0 Å². The van der Waals surface area contributed by atoms with Crippen LogP contribution in [0.4, 0.5) is 4.79 Å². The molecule has 21 heavy (non-hydrogen) atoms. The number of carboxylic acids is 1. The lowest BCUT2D eigenvalue weighted by atomic mass is 9.82. The Labute approximate surface area is 125 Å². The van der Waals surface area contributed by atoms with Gasteiger partial charge in [-0.05, 0) is 33.6 Å². The van der Waals surface area contributed by atoms with Gasteiger partial charge in [0.1, 0.15) is 5.60 Å². The summed E-state index contributed by atoms with van der Waals surface area (Å²) in [4.78, 5) is 23.1. The number of ether oxygens (including phenoxy) is 2. The number of carbonyl (C=O) groups excluding carboxylic acids is 1. The molecule has 0 aromatic carbocycles. The molecule has 7 heteroatoms. The number of aliphatic carboxylic acids is 1. The molecule has 0 bridgehead atoms. The second-order valence-electron chi connectivity index (χ2n) is 5.88. The molecule has 0 fully saturated rings. The summed E-state index contributed by atoms with van der Waals surface area (Å²) in [7, 11) is 0. The predicted molar refractivity (Wildman–Crippen MR) is 77.1 cm³/mol. The van der Waals surface area contributed by atoms with Crippen LogP contribution in [0.3, 0.4) is 0 Å². The molecule has 7 nitrogen and oxygen atoms in total. The highest BCUT2D eigenvalue weighted by Gasteiger charge is 2.37. The summed E-state index contributed by atoms with van der Waals surface area (Å²) < 4.78 is 10.2. The third-order valence-corrected chi connectivity index (χ3v) is 3.06. The monoisotopic (exact) mass is 305 g/mol. The van der Waals surface area contributed by atoms with E-state index < -0.39 is 23.1 Å². The molecular formula is C14H27NO6. The summed E-state index contributed by atoms with van der Waals surface area (Å²) in [5.74, 6) is -0.992. The van der Waals surface area contributed by atoms with Gasteiger partial charge in [-0.1, -0.05) is 6.92 Å². The van der Waals surface area contributed by atoms with E-state index in [1.807, 2.05) is 0 Å². The van der Waals surface area contributed by atoms with E-state index in [4.69, 9.17) is 14.6 Å². The molecule has 0 saturated carbocycles. The number of hydrogen-bond acceptors (Lipinski definition) is 5. The summed E-state index contributed by atoms with van der Waals surface area (Å²) in [5, 5.41) is 20.6. The van der Waals surface area contributed by atoms with Crippen molar-refractivity contribution in [2.75, 3.05) is 26.4 Å². The van der Waals surface area contributed by atoms with Gasteiger partial charge in [0.05, 0.1) is 18.6 Å². The molecule has 1 atom stereocenters. The average Bonchev–Trinajstić information content (AvgIpc) is 2.36. The van der Waals surface area contributed by atoms with E-state index in [2.05, 4.69) is 5.32 Å². The first kappa shape index (κ1) is 19.7. The minimum Gasteiger partial charge on any atom is -0.481 e. The van der Waals surface area contributed by atoms with E-state index in [0.29, 0.717) is 6.42 Å². The number of amides is 1. The molecule has 0 aliphatic carbocycles. The first-order valence-corrected chi connectivity index (χ1v) is 7.06. The summed E-state index contributed by atoms with van der Waals surface area (Å²) in [6.07, 6.45) is -0.0484. The maximum atomic E-state index is 11.6. The molecule has 1 amide bonds. The lowest BCUT2D eigenvalue weighted by Crippen LogP contribution is -2.45. The maximum absolute atomic E-state index is 11.6. The largest absolute Gasteiger partial charge is 0.481 e. The van der Waals surface area contributed by atoms with Gasteiger partial charge in [-0.25, -0.2) is 4.79 Å². The average molecular weight is 305 g/mol. The van der Waals surface area contributed by atoms with E-state index in [-0.39, 0.29) is 32.8 Å². The van der Waals surface area contributed by atoms with Crippen LogP contribution < -0.4 is 5.32 Å². The number of rotatable bonds is 9. The van der Waals surface area contributed by atoms with Crippen molar-refractivity contribution in [1.29, 1.82) is 0 Å². The van der Waals surface area contributed by atoms with E-state index in [1.165, 1.54) is 0 Å². The third-order valence-electron chi connectivity index (χ3n) is 3.06. The Balaban J connectivity index is 4.54. The van der Waals surface area contributed by atoms with Gasteiger partial charge >= 0.3 is 12.1 Å². The molecule has 0 heterocycles. The van der Waals surface area contributed by atoms with Crippen molar-refractivity contribution in [3.8, 4) is 0 Å². The minimum atomic E-state index is -1.10. The lowest BCUT2D eigenvalue weighted by molar-refractivity contribution is -0.150. The maximum Gasteiger partial charge on any atom is 0.407 e. The van der Waals surface area contributed by atoms with Crippen LogP contribution in [0.25, 0.3) is 0 Å². The predicted octanol–water partition coefficient (Wildman–Crippen LogP) is 1.39. The topological polar surface area (TPSA) is 105 Å². The summed E-state index contributed by atoms with van der Waals surface area (Å²) in [5.41, 5.74) is -1.74. The smallest absolute Gasteiger partial charge is 0.407 e. The fourth-order valence-electron chi connectivity index (χ4n) is 1.71. The van der Waals surface area contributed by atoms with Gasteiger partial charge in [-0.2, -0.15) is 0 Å². The van der Waals surface area contributed by atoms with Gasteiger partial charge in [0, 0.05) is 13.2 Å². The van der Waals surface area contributed by atoms with Gasteiger partial charge in [-0.3, -0.25) is 4.79 Å². The van der Waals surface area contributed by atoms with Crippen molar-refractivity contribution in [3.63, 3.8) is 0 Å².